The number of oxime groups is 1. The second kappa shape index (κ2) is 4.66. The molecular weight excluding hydrogens is 282 g/mol. The Bertz CT molecular complexity index is 667. The van der Waals surface area contributed by atoms with Crippen molar-refractivity contribution in [2.24, 2.45) is 11.1 Å². The molecule has 2 atom stereocenters. The normalized spacial score (nSPS) is 26.6. The van der Waals surface area contributed by atoms with E-state index in [0.717, 1.165) is 5.56 Å². The Morgan fingerprint density at radius 3 is 2.75 bits per heavy atom. The summed E-state index contributed by atoms with van der Waals surface area (Å²) in [6.07, 6.45) is -0.373. The lowest BCUT2D eigenvalue weighted by Gasteiger charge is -2.12. The molecule has 1 aromatic carbocycles. The Morgan fingerprint density at radius 1 is 1.25 bits per heavy atom. The Morgan fingerprint density at radius 2 is 2.05 bits per heavy atom. The van der Waals surface area contributed by atoms with E-state index < -0.39 is 9.84 Å². The van der Waals surface area contributed by atoms with Gasteiger partial charge in [-0.25, -0.2) is 8.42 Å². The highest BCUT2D eigenvalue weighted by Gasteiger charge is 2.47. The summed E-state index contributed by atoms with van der Waals surface area (Å²) in [6.45, 7) is 0. The fourth-order valence-corrected chi connectivity index (χ4v) is 4.47. The van der Waals surface area contributed by atoms with Gasteiger partial charge in [-0.15, -0.1) is 0 Å². The standard InChI is InChI=1S/C13H15NO5S/c1-17-8-3-4-9(11(5-8)18-2)13-10-6-20(15,16)7-12(10)19-14-13/h3-5,10,12H,6-7H2,1-2H3. The minimum absolute atomic E-state index is 0.0309. The molecular formula is C13H15NO5S. The van der Waals surface area contributed by atoms with Gasteiger partial charge < -0.3 is 14.3 Å². The van der Waals surface area contributed by atoms with E-state index in [9.17, 15) is 8.42 Å². The molecule has 1 aromatic rings. The van der Waals surface area contributed by atoms with Gasteiger partial charge in [0.25, 0.3) is 0 Å². The smallest absolute Gasteiger partial charge is 0.154 e. The van der Waals surface area contributed by atoms with Crippen molar-refractivity contribution in [1.29, 1.82) is 0 Å². The van der Waals surface area contributed by atoms with E-state index in [4.69, 9.17) is 14.3 Å². The van der Waals surface area contributed by atoms with Crippen LogP contribution in [0, 0.1) is 5.92 Å². The summed E-state index contributed by atoms with van der Waals surface area (Å²) in [5, 5.41) is 4.05. The largest absolute Gasteiger partial charge is 0.497 e. The molecule has 2 heterocycles. The van der Waals surface area contributed by atoms with Gasteiger partial charge in [0.15, 0.2) is 15.9 Å². The zero-order chi connectivity index (χ0) is 14.3. The van der Waals surface area contributed by atoms with E-state index in [0.29, 0.717) is 17.2 Å². The minimum atomic E-state index is -3.05. The Balaban J connectivity index is 1.98. The van der Waals surface area contributed by atoms with Crippen LogP contribution in [0.2, 0.25) is 0 Å². The van der Waals surface area contributed by atoms with Crippen molar-refractivity contribution in [3.63, 3.8) is 0 Å². The van der Waals surface area contributed by atoms with Crippen LogP contribution in [0.25, 0.3) is 0 Å². The van der Waals surface area contributed by atoms with Crippen LogP contribution in [0.15, 0.2) is 23.4 Å². The Kier molecular flexibility index (Phi) is 3.08. The highest BCUT2D eigenvalue weighted by Crippen LogP contribution is 2.35. The van der Waals surface area contributed by atoms with E-state index >= 15 is 0 Å². The van der Waals surface area contributed by atoms with E-state index in [1.807, 2.05) is 6.07 Å². The van der Waals surface area contributed by atoms with Crippen molar-refractivity contribution in [2.75, 3.05) is 25.7 Å². The third kappa shape index (κ3) is 2.11. The molecule has 108 valence electrons. The molecule has 0 amide bonds. The van der Waals surface area contributed by atoms with Crippen LogP contribution >= 0.6 is 0 Å². The van der Waals surface area contributed by atoms with Gasteiger partial charge in [0.2, 0.25) is 0 Å². The molecule has 2 unspecified atom stereocenters. The fourth-order valence-electron chi connectivity index (χ4n) is 2.63. The van der Waals surface area contributed by atoms with Crippen LogP contribution in [0.3, 0.4) is 0 Å². The van der Waals surface area contributed by atoms with Gasteiger partial charge in [0, 0.05) is 11.6 Å². The number of ether oxygens (including phenoxy) is 2. The first-order valence-electron chi connectivity index (χ1n) is 6.20. The molecule has 0 saturated carbocycles. The van der Waals surface area contributed by atoms with Crippen LogP contribution in [0.1, 0.15) is 5.56 Å². The van der Waals surface area contributed by atoms with Gasteiger partial charge in [0.1, 0.15) is 11.5 Å². The van der Waals surface area contributed by atoms with Gasteiger partial charge in [-0.05, 0) is 12.1 Å². The Hall–Kier alpha value is -1.76. The molecule has 3 rings (SSSR count). The van der Waals surface area contributed by atoms with E-state index in [1.165, 1.54) is 0 Å². The fraction of sp³-hybridized carbons (Fsp3) is 0.462. The summed E-state index contributed by atoms with van der Waals surface area (Å²) in [5.74, 6) is 1.15. The van der Waals surface area contributed by atoms with Crippen LogP contribution in [0.4, 0.5) is 0 Å². The molecule has 2 aliphatic heterocycles. The molecule has 1 fully saturated rings. The summed E-state index contributed by atoms with van der Waals surface area (Å²) in [4.78, 5) is 5.26. The summed E-state index contributed by atoms with van der Waals surface area (Å²) in [5.41, 5.74) is 1.38. The van der Waals surface area contributed by atoms with Crippen molar-refractivity contribution in [3.05, 3.63) is 23.8 Å². The molecule has 0 N–H and O–H groups in total. The second-order valence-corrected chi connectivity index (χ2v) is 7.02. The first kappa shape index (κ1) is 13.2. The lowest BCUT2D eigenvalue weighted by atomic mass is 9.94. The van der Waals surface area contributed by atoms with E-state index in [-0.39, 0.29) is 23.5 Å². The third-order valence-electron chi connectivity index (χ3n) is 3.62. The predicted octanol–water partition coefficient (Wildman–Crippen LogP) is 0.851. The number of rotatable bonds is 3. The molecule has 2 aliphatic rings. The number of sulfone groups is 1. The van der Waals surface area contributed by atoms with Gasteiger partial charge in [-0.3, -0.25) is 0 Å². The molecule has 0 spiro atoms. The Labute approximate surface area is 117 Å². The van der Waals surface area contributed by atoms with Crippen molar-refractivity contribution < 1.29 is 22.7 Å². The minimum Gasteiger partial charge on any atom is -0.497 e. The number of methoxy groups -OCH3 is 2. The molecule has 0 radical (unpaired) electrons. The van der Waals surface area contributed by atoms with Crippen LogP contribution in [-0.4, -0.2) is 46.0 Å². The van der Waals surface area contributed by atoms with Crippen molar-refractivity contribution in [2.45, 2.75) is 6.10 Å². The maximum Gasteiger partial charge on any atom is 0.154 e. The molecule has 7 heteroatoms. The van der Waals surface area contributed by atoms with Crippen LogP contribution in [-0.2, 0) is 14.7 Å². The van der Waals surface area contributed by atoms with E-state index in [2.05, 4.69) is 5.16 Å². The lowest BCUT2D eigenvalue weighted by Crippen LogP contribution is -2.22. The molecule has 20 heavy (non-hydrogen) atoms. The predicted molar refractivity (Wildman–Crippen MR) is 73.1 cm³/mol. The number of nitrogens with zero attached hydrogens (tertiary/aromatic N) is 1. The monoisotopic (exact) mass is 297 g/mol. The van der Waals surface area contributed by atoms with Gasteiger partial charge >= 0.3 is 0 Å². The van der Waals surface area contributed by atoms with Crippen LogP contribution < -0.4 is 9.47 Å². The van der Waals surface area contributed by atoms with Gasteiger partial charge in [-0.2, -0.15) is 0 Å². The van der Waals surface area contributed by atoms with Crippen LogP contribution in [0.5, 0.6) is 11.5 Å². The zero-order valence-electron chi connectivity index (χ0n) is 11.2. The molecule has 6 nitrogen and oxygen atoms in total. The third-order valence-corrected chi connectivity index (χ3v) is 5.33. The van der Waals surface area contributed by atoms with Crippen molar-refractivity contribution in [1.82, 2.24) is 0 Å². The maximum atomic E-state index is 11.7. The summed E-state index contributed by atoms with van der Waals surface area (Å²) in [7, 11) is 0.0766. The van der Waals surface area contributed by atoms with Gasteiger partial charge in [-0.1, -0.05) is 5.16 Å². The van der Waals surface area contributed by atoms with Crippen molar-refractivity contribution in [3.8, 4) is 11.5 Å². The van der Waals surface area contributed by atoms with Crippen molar-refractivity contribution >= 4 is 15.5 Å². The summed E-state index contributed by atoms with van der Waals surface area (Å²) < 4.78 is 33.9. The average Bonchev–Trinajstić information content (AvgIpc) is 2.93. The molecule has 1 saturated heterocycles. The molecule has 0 aromatic heterocycles. The number of hydrogen-bond acceptors (Lipinski definition) is 6. The second-order valence-electron chi connectivity index (χ2n) is 4.87. The highest BCUT2D eigenvalue weighted by atomic mass is 32.2. The summed E-state index contributed by atoms with van der Waals surface area (Å²) in [6, 6.07) is 5.35. The zero-order valence-corrected chi connectivity index (χ0v) is 12.0. The number of benzene rings is 1. The lowest BCUT2D eigenvalue weighted by molar-refractivity contribution is 0.0882. The summed E-state index contributed by atoms with van der Waals surface area (Å²) >= 11 is 0. The molecule has 0 aliphatic carbocycles. The highest BCUT2D eigenvalue weighted by molar-refractivity contribution is 7.91. The number of fused-ring (bicyclic) bond motifs is 1. The van der Waals surface area contributed by atoms with Gasteiger partial charge in [0.05, 0.1) is 37.4 Å². The number of hydrogen-bond donors (Lipinski definition) is 0. The first-order chi connectivity index (χ1) is 9.54. The van der Waals surface area contributed by atoms with E-state index in [1.54, 1.807) is 26.4 Å². The topological polar surface area (TPSA) is 74.2 Å². The molecule has 0 bridgehead atoms. The average molecular weight is 297 g/mol. The SMILES string of the molecule is COc1ccc(C2=NOC3CS(=O)(=O)CC23)c(OC)c1. The first-order valence-corrected chi connectivity index (χ1v) is 8.03. The quantitative estimate of drug-likeness (QED) is 0.827. The maximum absolute atomic E-state index is 11.7.